The minimum absolute atomic E-state index is 0.327. The molecule has 6 heteroatoms. The first kappa shape index (κ1) is 15.9. The van der Waals surface area contributed by atoms with Gasteiger partial charge >= 0.3 is 5.97 Å². The maximum absolute atomic E-state index is 12.1. The molecule has 1 N–H and O–H groups in total. The lowest BCUT2D eigenvalue weighted by Crippen LogP contribution is -2.10. The van der Waals surface area contributed by atoms with Crippen molar-refractivity contribution in [3.8, 4) is 0 Å². The molecule has 3 rings (SSSR count). The van der Waals surface area contributed by atoms with Crippen LogP contribution in [0.25, 0.3) is 17.0 Å². The summed E-state index contributed by atoms with van der Waals surface area (Å²) in [4.78, 5) is 28.4. The van der Waals surface area contributed by atoms with Gasteiger partial charge in [0, 0.05) is 23.2 Å². The fourth-order valence-corrected chi connectivity index (χ4v) is 3.03. The van der Waals surface area contributed by atoms with E-state index >= 15 is 0 Å². The molecule has 0 fully saturated rings. The first-order valence-corrected chi connectivity index (χ1v) is 8.05. The summed E-state index contributed by atoms with van der Waals surface area (Å²) < 4.78 is 4.69. The molecule has 0 bridgehead atoms. The van der Waals surface area contributed by atoms with Gasteiger partial charge < -0.3 is 10.1 Å². The van der Waals surface area contributed by atoms with Gasteiger partial charge in [-0.1, -0.05) is 24.3 Å². The number of rotatable bonds is 4. The van der Waals surface area contributed by atoms with Gasteiger partial charge in [-0.05, 0) is 23.6 Å². The third-order valence-corrected chi connectivity index (χ3v) is 4.27. The van der Waals surface area contributed by atoms with Crippen molar-refractivity contribution < 1.29 is 14.3 Å². The number of ether oxygens (including phenoxy) is 1. The van der Waals surface area contributed by atoms with Crippen LogP contribution in [-0.4, -0.2) is 24.0 Å². The van der Waals surface area contributed by atoms with Gasteiger partial charge in [-0.2, -0.15) is 0 Å². The molecule has 0 saturated carbocycles. The van der Waals surface area contributed by atoms with Crippen LogP contribution in [0.5, 0.6) is 0 Å². The molecule has 2 aromatic heterocycles. The number of benzene rings is 1. The lowest BCUT2D eigenvalue weighted by atomic mass is 10.1. The fraction of sp³-hybridized carbons (Fsp3) is 0.0556. The Hall–Kier alpha value is -2.99. The summed E-state index contributed by atoms with van der Waals surface area (Å²) in [5.74, 6) is -0.797. The highest BCUT2D eigenvalue weighted by atomic mass is 32.1. The number of hydrogen-bond acceptors (Lipinski definition) is 5. The van der Waals surface area contributed by atoms with Crippen LogP contribution >= 0.6 is 11.3 Å². The van der Waals surface area contributed by atoms with Crippen LogP contribution in [0.1, 0.15) is 15.2 Å². The van der Waals surface area contributed by atoms with Gasteiger partial charge in [-0.15, -0.1) is 11.3 Å². The topological polar surface area (TPSA) is 68.3 Å². The van der Waals surface area contributed by atoms with Crippen molar-refractivity contribution in [2.75, 3.05) is 12.4 Å². The lowest BCUT2D eigenvalue weighted by Gasteiger charge is -2.03. The van der Waals surface area contributed by atoms with Gasteiger partial charge in [0.15, 0.2) is 0 Å². The molecule has 2 heterocycles. The van der Waals surface area contributed by atoms with Gasteiger partial charge in [-0.25, -0.2) is 4.79 Å². The Balaban J connectivity index is 1.79. The Kier molecular flexibility index (Phi) is 4.67. The molecule has 0 radical (unpaired) electrons. The predicted molar refractivity (Wildman–Crippen MR) is 95.1 cm³/mol. The van der Waals surface area contributed by atoms with Crippen LogP contribution in [0.4, 0.5) is 5.69 Å². The van der Waals surface area contributed by atoms with E-state index in [0.29, 0.717) is 10.6 Å². The second kappa shape index (κ2) is 7.06. The monoisotopic (exact) mass is 338 g/mol. The highest BCUT2D eigenvalue weighted by Crippen LogP contribution is 2.23. The number of anilines is 1. The summed E-state index contributed by atoms with van der Waals surface area (Å²) >= 11 is 1.22. The maximum Gasteiger partial charge on any atom is 0.350 e. The standard InChI is InChI=1S/C18H14N2O3S/c1-23-18(22)17-14(9-11-24-17)20-15(21)8-7-13-5-2-4-12-6-3-10-19-16(12)13/h2-11H,1H3,(H,20,21)/b8-7+. The van der Waals surface area contributed by atoms with E-state index in [1.807, 2.05) is 30.3 Å². The zero-order valence-corrected chi connectivity index (χ0v) is 13.7. The molecule has 1 amide bonds. The largest absolute Gasteiger partial charge is 0.465 e. The van der Waals surface area contributed by atoms with Crippen LogP contribution in [0, 0.1) is 0 Å². The number of nitrogens with one attached hydrogen (secondary N) is 1. The number of esters is 1. The van der Waals surface area contributed by atoms with Gasteiger partial charge in [-0.3, -0.25) is 9.78 Å². The van der Waals surface area contributed by atoms with Crippen molar-refractivity contribution in [3.63, 3.8) is 0 Å². The highest BCUT2D eigenvalue weighted by Gasteiger charge is 2.14. The number of methoxy groups -OCH3 is 1. The molecule has 0 spiro atoms. The Morgan fingerprint density at radius 2 is 2.04 bits per heavy atom. The number of fused-ring (bicyclic) bond motifs is 1. The third kappa shape index (κ3) is 3.33. The Labute approximate surface area is 142 Å². The van der Waals surface area contributed by atoms with E-state index in [1.165, 1.54) is 24.5 Å². The number of nitrogens with zero attached hydrogens (tertiary/aromatic N) is 1. The van der Waals surface area contributed by atoms with Gasteiger partial charge in [0.1, 0.15) is 4.88 Å². The molecule has 0 unspecified atom stereocenters. The summed E-state index contributed by atoms with van der Waals surface area (Å²) in [5.41, 5.74) is 2.12. The van der Waals surface area contributed by atoms with Crippen LogP contribution in [0.3, 0.4) is 0 Å². The average Bonchev–Trinajstić information content (AvgIpc) is 3.07. The van der Waals surface area contributed by atoms with Crippen LogP contribution in [0.15, 0.2) is 54.1 Å². The van der Waals surface area contributed by atoms with Gasteiger partial charge in [0.2, 0.25) is 5.91 Å². The Morgan fingerprint density at radius 3 is 2.88 bits per heavy atom. The molecule has 5 nitrogen and oxygen atoms in total. The predicted octanol–water partition coefficient (Wildman–Crippen LogP) is 3.73. The minimum atomic E-state index is -0.470. The molecule has 3 aromatic rings. The van der Waals surface area contributed by atoms with E-state index in [1.54, 1.807) is 23.7 Å². The second-order valence-electron chi connectivity index (χ2n) is 4.90. The maximum atomic E-state index is 12.1. The van der Waals surface area contributed by atoms with Gasteiger partial charge in [0.05, 0.1) is 18.3 Å². The first-order valence-electron chi connectivity index (χ1n) is 7.17. The molecular weight excluding hydrogens is 324 g/mol. The summed E-state index contributed by atoms with van der Waals surface area (Å²) in [6, 6.07) is 11.3. The smallest absolute Gasteiger partial charge is 0.350 e. The Morgan fingerprint density at radius 1 is 1.21 bits per heavy atom. The molecular formula is C18H14N2O3S. The Bertz CT molecular complexity index is 925. The van der Waals surface area contributed by atoms with Gasteiger partial charge in [0.25, 0.3) is 0 Å². The highest BCUT2D eigenvalue weighted by molar-refractivity contribution is 7.12. The van der Waals surface area contributed by atoms with E-state index in [4.69, 9.17) is 0 Å². The number of para-hydroxylation sites is 1. The molecule has 120 valence electrons. The molecule has 1 aromatic carbocycles. The molecule has 0 aliphatic carbocycles. The van der Waals surface area contributed by atoms with E-state index < -0.39 is 5.97 Å². The van der Waals surface area contributed by atoms with E-state index in [0.717, 1.165) is 16.5 Å². The summed E-state index contributed by atoms with van der Waals surface area (Å²) in [6.07, 6.45) is 4.84. The van der Waals surface area contributed by atoms with Crippen molar-refractivity contribution in [3.05, 3.63) is 64.5 Å². The molecule has 0 aliphatic rings. The molecule has 0 aliphatic heterocycles. The van der Waals surface area contributed by atoms with E-state index in [9.17, 15) is 9.59 Å². The fourth-order valence-electron chi connectivity index (χ4n) is 2.26. The lowest BCUT2D eigenvalue weighted by molar-refractivity contribution is -0.111. The minimum Gasteiger partial charge on any atom is -0.465 e. The zero-order valence-electron chi connectivity index (χ0n) is 12.9. The number of carbonyl (C=O) groups is 2. The molecule has 0 atom stereocenters. The third-order valence-electron chi connectivity index (χ3n) is 3.37. The van der Waals surface area contributed by atoms with Crippen molar-refractivity contribution >= 4 is 45.9 Å². The summed E-state index contributed by atoms with van der Waals surface area (Å²) in [6.45, 7) is 0. The van der Waals surface area contributed by atoms with Crippen molar-refractivity contribution in [2.45, 2.75) is 0 Å². The summed E-state index contributed by atoms with van der Waals surface area (Å²) in [7, 11) is 1.31. The van der Waals surface area contributed by atoms with E-state index in [-0.39, 0.29) is 5.91 Å². The first-order chi connectivity index (χ1) is 11.7. The van der Waals surface area contributed by atoms with Crippen molar-refractivity contribution in [2.24, 2.45) is 0 Å². The van der Waals surface area contributed by atoms with Crippen molar-refractivity contribution in [1.82, 2.24) is 4.98 Å². The van der Waals surface area contributed by atoms with E-state index in [2.05, 4.69) is 15.0 Å². The number of pyridine rings is 1. The van der Waals surface area contributed by atoms with Crippen LogP contribution < -0.4 is 5.32 Å². The average molecular weight is 338 g/mol. The normalized spacial score (nSPS) is 10.9. The number of aromatic nitrogens is 1. The van der Waals surface area contributed by atoms with Crippen LogP contribution in [0.2, 0.25) is 0 Å². The quantitative estimate of drug-likeness (QED) is 0.581. The number of thiophene rings is 1. The summed E-state index contributed by atoms with van der Waals surface area (Å²) in [5, 5.41) is 5.42. The van der Waals surface area contributed by atoms with Crippen molar-refractivity contribution in [1.29, 1.82) is 0 Å². The molecule has 0 saturated heterocycles. The number of amides is 1. The number of hydrogen-bond donors (Lipinski definition) is 1. The SMILES string of the molecule is COC(=O)c1sccc1NC(=O)/C=C/c1cccc2cccnc12. The zero-order chi connectivity index (χ0) is 16.9. The molecule has 24 heavy (non-hydrogen) atoms. The van der Waals surface area contributed by atoms with Crippen LogP contribution in [-0.2, 0) is 9.53 Å². The second-order valence-corrected chi connectivity index (χ2v) is 5.82. The number of carbonyl (C=O) groups excluding carboxylic acids is 2.